The molecule has 1 saturated carbocycles. The largest absolute Gasteiger partial charge is 0.386 e. The van der Waals surface area contributed by atoms with E-state index < -0.39 is 22.2 Å². The van der Waals surface area contributed by atoms with E-state index in [0.29, 0.717) is 19.6 Å². The Morgan fingerprint density at radius 1 is 1.04 bits per heavy atom. The Kier molecular flexibility index (Phi) is 4.30. The molecule has 0 radical (unpaired) electrons. The molecule has 0 amide bonds. The van der Waals surface area contributed by atoms with Crippen LogP contribution < -0.4 is 5.73 Å². The number of nitrogens with two attached hydrogens (primary N) is 1. The highest BCUT2D eigenvalue weighted by atomic mass is 16.7. The fourth-order valence-corrected chi connectivity index (χ4v) is 5.12. The minimum Gasteiger partial charge on any atom is -0.386 e. The third-order valence-corrected chi connectivity index (χ3v) is 5.81. The predicted molar refractivity (Wildman–Crippen MR) is 96.7 cm³/mol. The summed E-state index contributed by atoms with van der Waals surface area (Å²) in [4.78, 5) is 4.42. The summed E-state index contributed by atoms with van der Waals surface area (Å²) in [6, 6.07) is 14.4. The van der Waals surface area contributed by atoms with E-state index in [4.69, 9.17) is 15.2 Å². The van der Waals surface area contributed by atoms with Gasteiger partial charge in [-0.05, 0) is 25.8 Å². The van der Waals surface area contributed by atoms with Crippen molar-refractivity contribution in [2.75, 3.05) is 13.2 Å². The zero-order valence-electron chi connectivity index (χ0n) is 15.5. The first-order chi connectivity index (χ1) is 12.5. The van der Waals surface area contributed by atoms with Crippen LogP contribution in [0.5, 0.6) is 0 Å². The number of hydrogen-bond donors (Lipinski definition) is 1. The zero-order chi connectivity index (χ0) is 19.1. The molecule has 0 unspecified atom stereocenters. The predicted octanol–water partition coefficient (Wildman–Crippen LogP) is 2.86. The van der Waals surface area contributed by atoms with E-state index in [1.807, 2.05) is 51.1 Å². The number of aliphatic imine (C=N–C) groups is 1. The monoisotopic (exact) mass is 352 g/mol. The first-order valence-electron chi connectivity index (χ1n) is 9.05. The van der Waals surface area contributed by atoms with E-state index in [2.05, 4.69) is 17.1 Å². The normalized spacial score (nSPS) is 33.7. The molecule has 0 bridgehead atoms. The molecule has 6 heteroatoms. The molecule has 3 atom stereocenters. The Hall–Kier alpha value is -2.41. The summed E-state index contributed by atoms with van der Waals surface area (Å²) in [5.74, 6) is -1.45. The highest BCUT2D eigenvalue weighted by Crippen LogP contribution is 2.86. The van der Waals surface area contributed by atoms with Gasteiger partial charge in [-0.15, -0.1) is 0 Å². The van der Waals surface area contributed by atoms with Crippen LogP contribution in [0.25, 0.3) is 0 Å². The second kappa shape index (κ2) is 6.09. The summed E-state index contributed by atoms with van der Waals surface area (Å²) < 4.78 is 11.9. The van der Waals surface area contributed by atoms with Gasteiger partial charge in [0.2, 0.25) is 0 Å². The van der Waals surface area contributed by atoms with E-state index in [0.717, 1.165) is 12.0 Å². The van der Waals surface area contributed by atoms with E-state index >= 15 is 0 Å². The molecule has 2 aliphatic rings. The lowest BCUT2D eigenvalue weighted by molar-refractivity contribution is -0.258. The molecule has 6 nitrogen and oxygen atoms in total. The van der Waals surface area contributed by atoms with Gasteiger partial charge in [0.15, 0.2) is 10.8 Å². The van der Waals surface area contributed by atoms with Crippen molar-refractivity contribution in [1.82, 2.24) is 0 Å². The third kappa shape index (κ3) is 1.65. The van der Waals surface area contributed by atoms with Gasteiger partial charge in [0, 0.05) is 13.2 Å². The second-order valence-electron chi connectivity index (χ2n) is 6.69. The van der Waals surface area contributed by atoms with E-state index in [1.165, 1.54) is 0 Å². The van der Waals surface area contributed by atoms with Crippen molar-refractivity contribution in [3.8, 4) is 12.1 Å². The summed E-state index contributed by atoms with van der Waals surface area (Å²) >= 11 is 0. The van der Waals surface area contributed by atoms with Gasteiger partial charge in [-0.3, -0.25) is 0 Å². The summed E-state index contributed by atoms with van der Waals surface area (Å²) in [5.41, 5.74) is 3.80. The molecule has 2 N–H and O–H groups in total. The molecule has 0 aromatic heterocycles. The van der Waals surface area contributed by atoms with Crippen molar-refractivity contribution >= 4 is 5.84 Å². The van der Waals surface area contributed by atoms with Crippen molar-refractivity contribution in [1.29, 1.82) is 10.5 Å². The Morgan fingerprint density at radius 3 is 2.12 bits per heavy atom. The molecular weight excluding hydrogens is 328 g/mol. The van der Waals surface area contributed by atoms with Crippen LogP contribution in [0, 0.1) is 33.5 Å². The number of benzene rings is 1. The smallest absolute Gasteiger partial charge is 0.293 e. The first-order valence-corrected chi connectivity index (χ1v) is 9.05. The van der Waals surface area contributed by atoms with E-state index in [1.54, 1.807) is 0 Å². The summed E-state index contributed by atoms with van der Waals surface area (Å²) in [7, 11) is 0. The van der Waals surface area contributed by atoms with Gasteiger partial charge >= 0.3 is 0 Å². The van der Waals surface area contributed by atoms with Crippen LogP contribution >= 0.6 is 0 Å². The molecule has 26 heavy (non-hydrogen) atoms. The fourth-order valence-electron chi connectivity index (χ4n) is 5.12. The van der Waals surface area contributed by atoms with Gasteiger partial charge in [-0.2, -0.15) is 10.5 Å². The number of nitriles is 2. The van der Waals surface area contributed by atoms with Gasteiger partial charge in [0.25, 0.3) is 5.91 Å². The van der Waals surface area contributed by atoms with Crippen LogP contribution in [-0.2, 0) is 14.9 Å². The summed E-state index contributed by atoms with van der Waals surface area (Å²) in [6.07, 6.45) is 1.39. The Morgan fingerprint density at radius 2 is 1.65 bits per heavy atom. The maximum atomic E-state index is 10.4. The molecule has 1 aromatic carbocycles. The number of rotatable bonds is 7. The molecule has 1 aliphatic carbocycles. The fraction of sp³-hybridized carbons (Fsp3) is 0.550. The second-order valence-corrected chi connectivity index (χ2v) is 6.69. The molecule has 1 heterocycles. The van der Waals surface area contributed by atoms with Crippen LogP contribution in [-0.4, -0.2) is 25.0 Å². The lowest BCUT2D eigenvalue weighted by Gasteiger charge is -2.35. The summed E-state index contributed by atoms with van der Waals surface area (Å²) in [6.45, 7) is 6.25. The van der Waals surface area contributed by atoms with E-state index in [9.17, 15) is 10.5 Å². The lowest BCUT2D eigenvalue weighted by atomic mass is 9.79. The number of amidine groups is 1. The van der Waals surface area contributed by atoms with Crippen LogP contribution in [0.3, 0.4) is 0 Å². The van der Waals surface area contributed by atoms with Gasteiger partial charge in [0.1, 0.15) is 5.84 Å². The maximum absolute atomic E-state index is 10.4. The number of fused-ring (bicyclic) bond motifs is 1. The van der Waals surface area contributed by atoms with Crippen LogP contribution in [0.4, 0.5) is 0 Å². The maximum Gasteiger partial charge on any atom is 0.293 e. The number of nitrogens with zero attached hydrogens (tertiary/aromatic N) is 3. The third-order valence-electron chi connectivity index (χ3n) is 5.81. The molecule has 0 saturated heterocycles. The van der Waals surface area contributed by atoms with Crippen molar-refractivity contribution in [3.63, 3.8) is 0 Å². The number of ether oxygens (including phenoxy) is 2. The SMILES string of the molecule is CCC[C@]1(c2ccccc2)[C@]2(C#N)C(N)=NC(OCC)(OCC)[C@@]21C#N. The van der Waals surface area contributed by atoms with Crippen LogP contribution in [0.15, 0.2) is 35.3 Å². The minimum absolute atomic E-state index is 0.126. The zero-order valence-corrected chi connectivity index (χ0v) is 15.5. The Balaban J connectivity index is 2.36. The quantitative estimate of drug-likeness (QED) is 0.760. The van der Waals surface area contributed by atoms with E-state index in [-0.39, 0.29) is 5.84 Å². The van der Waals surface area contributed by atoms with Gasteiger partial charge < -0.3 is 15.2 Å². The average Bonchev–Trinajstić information content (AvgIpc) is 3.13. The highest BCUT2D eigenvalue weighted by molar-refractivity contribution is 6.02. The average molecular weight is 352 g/mol. The molecule has 1 fully saturated rings. The Bertz CT molecular complexity index is 803. The summed E-state index contributed by atoms with van der Waals surface area (Å²) in [5, 5.41) is 20.7. The molecule has 1 aromatic rings. The van der Waals surface area contributed by atoms with Crippen molar-refractivity contribution in [2.24, 2.45) is 21.6 Å². The van der Waals surface area contributed by atoms with Gasteiger partial charge in [0.05, 0.1) is 17.6 Å². The molecule has 3 rings (SSSR count). The molecule has 136 valence electrons. The van der Waals surface area contributed by atoms with Crippen LogP contribution in [0.1, 0.15) is 39.2 Å². The van der Waals surface area contributed by atoms with Crippen LogP contribution in [0.2, 0.25) is 0 Å². The Labute approximate surface area is 154 Å². The minimum atomic E-state index is -1.57. The van der Waals surface area contributed by atoms with Crippen molar-refractivity contribution in [3.05, 3.63) is 35.9 Å². The molecule has 1 aliphatic heterocycles. The molecular formula is C20H24N4O2. The lowest BCUT2D eigenvalue weighted by Crippen LogP contribution is -2.46. The molecule has 0 spiro atoms. The number of hydrogen-bond acceptors (Lipinski definition) is 6. The topological polar surface area (TPSA) is 104 Å². The highest BCUT2D eigenvalue weighted by Gasteiger charge is 3.00. The van der Waals surface area contributed by atoms with Gasteiger partial charge in [-0.25, -0.2) is 4.99 Å². The van der Waals surface area contributed by atoms with Gasteiger partial charge in [-0.1, -0.05) is 43.7 Å². The first kappa shape index (κ1) is 18.4. The van der Waals surface area contributed by atoms with Crippen molar-refractivity contribution in [2.45, 2.75) is 44.9 Å². The standard InChI is InChI=1S/C20H24N4O2/c1-4-12-17(15-10-8-7-9-11-15)18(13-21)16(23)24-20(25-5-2,26-6-3)19(17,18)14-22/h7-11H,4-6,12H2,1-3H3,(H2,23,24)/t17-,18-,19+/m0/s1. The van der Waals surface area contributed by atoms with Crippen molar-refractivity contribution < 1.29 is 9.47 Å².